The van der Waals surface area contributed by atoms with Gasteiger partial charge in [0.25, 0.3) is 0 Å². The molecule has 0 unspecified atom stereocenters. The summed E-state index contributed by atoms with van der Waals surface area (Å²) < 4.78 is 0.693. The van der Waals surface area contributed by atoms with Gasteiger partial charge in [0.05, 0.1) is 15.7 Å². The average molecular weight is 345 g/mol. The fourth-order valence-corrected chi connectivity index (χ4v) is 2.02. The van der Waals surface area contributed by atoms with Gasteiger partial charge in [0.2, 0.25) is 5.91 Å². The van der Waals surface area contributed by atoms with Crippen LogP contribution in [0.5, 0.6) is 0 Å². The van der Waals surface area contributed by atoms with E-state index in [0.717, 1.165) is 0 Å². The highest BCUT2D eigenvalue weighted by Gasteiger charge is 2.10. The second-order valence-electron chi connectivity index (χ2n) is 3.06. The first kappa shape index (κ1) is 14.1. The highest BCUT2D eigenvalue weighted by Crippen LogP contribution is 2.35. The third-order valence-electron chi connectivity index (χ3n) is 1.85. The SMILES string of the molecule is O=C(CCCCl)Nc1ccc(Br)c(Cl)c1Cl. The van der Waals surface area contributed by atoms with Gasteiger partial charge in [-0.1, -0.05) is 23.2 Å². The minimum atomic E-state index is -0.124. The zero-order chi connectivity index (χ0) is 12.1. The molecule has 0 saturated heterocycles. The number of alkyl halides is 1. The van der Waals surface area contributed by atoms with E-state index in [4.69, 9.17) is 34.8 Å². The molecule has 1 N–H and O–H groups in total. The molecular formula is C10H9BrCl3NO. The van der Waals surface area contributed by atoms with Crippen LogP contribution in [0.4, 0.5) is 5.69 Å². The van der Waals surface area contributed by atoms with Gasteiger partial charge in [0.15, 0.2) is 0 Å². The first-order valence-electron chi connectivity index (χ1n) is 4.55. The summed E-state index contributed by atoms with van der Waals surface area (Å²) in [5.74, 6) is 0.336. The van der Waals surface area contributed by atoms with E-state index in [9.17, 15) is 4.79 Å². The number of benzene rings is 1. The van der Waals surface area contributed by atoms with Gasteiger partial charge in [0, 0.05) is 16.8 Å². The Bertz CT molecular complexity index is 398. The summed E-state index contributed by atoms with van der Waals surface area (Å²) in [5, 5.41) is 3.39. The number of nitrogens with one attached hydrogen (secondary N) is 1. The summed E-state index contributed by atoms with van der Waals surface area (Å²) in [4.78, 5) is 11.4. The van der Waals surface area contributed by atoms with Gasteiger partial charge in [0.1, 0.15) is 0 Å². The van der Waals surface area contributed by atoms with E-state index in [1.165, 1.54) is 0 Å². The number of hydrogen-bond acceptors (Lipinski definition) is 1. The number of rotatable bonds is 4. The van der Waals surface area contributed by atoms with Crippen molar-refractivity contribution in [3.05, 3.63) is 26.7 Å². The first-order valence-corrected chi connectivity index (χ1v) is 6.64. The van der Waals surface area contributed by atoms with Crippen molar-refractivity contribution in [3.63, 3.8) is 0 Å². The molecule has 0 radical (unpaired) electrons. The molecule has 6 heteroatoms. The molecule has 2 nitrogen and oxygen atoms in total. The van der Waals surface area contributed by atoms with E-state index >= 15 is 0 Å². The number of hydrogen-bond donors (Lipinski definition) is 1. The Morgan fingerprint density at radius 1 is 1.31 bits per heavy atom. The van der Waals surface area contributed by atoms with Crippen LogP contribution in [0.25, 0.3) is 0 Å². The molecule has 0 heterocycles. The van der Waals surface area contributed by atoms with Crippen molar-refractivity contribution in [2.45, 2.75) is 12.8 Å². The lowest BCUT2D eigenvalue weighted by molar-refractivity contribution is -0.116. The lowest BCUT2D eigenvalue weighted by Gasteiger charge is -2.08. The highest BCUT2D eigenvalue weighted by molar-refractivity contribution is 9.10. The van der Waals surface area contributed by atoms with Crippen LogP contribution in [-0.4, -0.2) is 11.8 Å². The summed E-state index contributed by atoms with van der Waals surface area (Å²) >= 11 is 20.6. The Morgan fingerprint density at radius 2 is 2.00 bits per heavy atom. The number of carbonyl (C=O) groups is 1. The molecule has 0 spiro atoms. The summed E-state index contributed by atoms with van der Waals surface area (Å²) in [6.07, 6.45) is 1.00. The molecule has 88 valence electrons. The predicted octanol–water partition coefficient (Wildman–Crippen LogP) is 4.71. The molecule has 0 aromatic heterocycles. The average Bonchev–Trinajstić information content (AvgIpc) is 2.27. The fraction of sp³-hybridized carbons (Fsp3) is 0.300. The van der Waals surface area contributed by atoms with E-state index < -0.39 is 0 Å². The molecule has 1 amide bonds. The van der Waals surface area contributed by atoms with Gasteiger partial charge in [-0.05, 0) is 34.5 Å². The van der Waals surface area contributed by atoms with Gasteiger partial charge in [-0.25, -0.2) is 0 Å². The maximum atomic E-state index is 11.4. The Hall–Kier alpha value is 0.0400. The summed E-state index contributed by atoms with van der Waals surface area (Å²) in [7, 11) is 0. The van der Waals surface area contributed by atoms with Crippen molar-refractivity contribution in [1.82, 2.24) is 0 Å². The molecule has 0 fully saturated rings. The van der Waals surface area contributed by atoms with Gasteiger partial charge in [-0.3, -0.25) is 4.79 Å². The third-order valence-corrected chi connectivity index (χ3v) is 3.89. The van der Waals surface area contributed by atoms with Crippen LogP contribution in [0.2, 0.25) is 10.0 Å². The second kappa shape index (κ2) is 6.70. The third kappa shape index (κ3) is 3.81. The van der Waals surface area contributed by atoms with Crippen molar-refractivity contribution in [2.75, 3.05) is 11.2 Å². The van der Waals surface area contributed by atoms with Crippen molar-refractivity contribution in [1.29, 1.82) is 0 Å². The van der Waals surface area contributed by atoms with E-state index in [0.29, 0.717) is 38.9 Å². The maximum absolute atomic E-state index is 11.4. The molecule has 0 bridgehead atoms. The minimum absolute atomic E-state index is 0.124. The Kier molecular flexibility index (Phi) is 5.90. The van der Waals surface area contributed by atoms with Crippen molar-refractivity contribution >= 4 is 62.3 Å². The number of halogens is 4. The van der Waals surface area contributed by atoms with Crippen molar-refractivity contribution < 1.29 is 4.79 Å². The number of carbonyl (C=O) groups excluding carboxylic acids is 1. The zero-order valence-corrected chi connectivity index (χ0v) is 12.0. The molecule has 0 aliphatic heterocycles. The smallest absolute Gasteiger partial charge is 0.224 e. The van der Waals surface area contributed by atoms with Crippen LogP contribution in [0.15, 0.2) is 16.6 Å². The van der Waals surface area contributed by atoms with E-state index in [-0.39, 0.29) is 5.91 Å². The summed E-state index contributed by atoms with van der Waals surface area (Å²) in [6.45, 7) is 0. The fourth-order valence-electron chi connectivity index (χ4n) is 1.06. The van der Waals surface area contributed by atoms with Crippen molar-refractivity contribution in [2.24, 2.45) is 0 Å². The van der Waals surface area contributed by atoms with Crippen LogP contribution < -0.4 is 5.32 Å². The molecule has 0 saturated carbocycles. The maximum Gasteiger partial charge on any atom is 0.224 e. The first-order chi connectivity index (χ1) is 7.56. The van der Waals surface area contributed by atoms with Gasteiger partial charge in [-0.15, -0.1) is 11.6 Å². The van der Waals surface area contributed by atoms with E-state index in [2.05, 4.69) is 21.2 Å². The molecule has 1 rings (SSSR count). The van der Waals surface area contributed by atoms with Gasteiger partial charge in [-0.2, -0.15) is 0 Å². The molecule has 16 heavy (non-hydrogen) atoms. The highest BCUT2D eigenvalue weighted by atomic mass is 79.9. The zero-order valence-electron chi connectivity index (χ0n) is 8.20. The summed E-state index contributed by atoms with van der Waals surface area (Å²) in [5.41, 5.74) is 0.509. The Morgan fingerprint density at radius 3 is 2.62 bits per heavy atom. The lowest BCUT2D eigenvalue weighted by Crippen LogP contribution is -2.11. The van der Waals surface area contributed by atoms with Crippen LogP contribution in [0.3, 0.4) is 0 Å². The molecular weight excluding hydrogens is 336 g/mol. The van der Waals surface area contributed by atoms with E-state index in [1.807, 2.05) is 0 Å². The summed E-state index contributed by atoms with van der Waals surface area (Å²) in [6, 6.07) is 3.42. The minimum Gasteiger partial charge on any atom is -0.325 e. The number of amides is 1. The van der Waals surface area contributed by atoms with Gasteiger partial charge >= 0.3 is 0 Å². The lowest BCUT2D eigenvalue weighted by atomic mass is 10.3. The van der Waals surface area contributed by atoms with E-state index in [1.54, 1.807) is 12.1 Å². The largest absolute Gasteiger partial charge is 0.325 e. The predicted molar refractivity (Wildman–Crippen MR) is 72.7 cm³/mol. The normalized spacial score (nSPS) is 10.2. The molecule has 0 aliphatic carbocycles. The molecule has 0 aliphatic rings. The molecule has 1 aromatic carbocycles. The Balaban J connectivity index is 2.74. The van der Waals surface area contributed by atoms with Crippen LogP contribution in [-0.2, 0) is 4.79 Å². The van der Waals surface area contributed by atoms with Gasteiger partial charge < -0.3 is 5.32 Å². The molecule has 1 aromatic rings. The standard InChI is InChI=1S/C10H9BrCl3NO/c11-6-3-4-7(10(14)9(6)13)15-8(16)2-1-5-12/h3-4H,1-2,5H2,(H,15,16). The second-order valence-corrected chi connectivity index (χ2v) is 5.05. The Labute approximate surface area is 117 Å². The number of anilines is 1. The van der Waals surface area contributed by atoms with Crippen LogP contribution in [0, 0.1) is 0 Å². The quantitative estimate of drug-likeness (QED) is 0.621. The van der Waals surface area contributed by atoms with Crippen LogP contribution >= 0.6 is 50.7 Å². The van der Waals surface area contributed by atoms with Crippen LogP contribution in [0.1, 0.15) is 12.8 Å². The monoisotopic (exact) mass is 343 g/mol. The molecule has 0 atom stereocenters. The van der Waals surface area contributed by atoms with Crippen molar-refractivity contribution in [3.8, 4) is 0 Å². The topological polar surface area (TPSA) is 29.1 Å².